The van der Waals surface area contributed by atoms with Crippen molar-refractivity contribution < 1.29 is 15.3 Å². The van der Waals surface area contributed by atoms with Gasteiger partial charge in [0, 0.05) is 0 Å². The van der Waals surface area contributed by atoms with Gasteiger partial charge in [-0.1, -0.05) is 29.4 Å². The number of aliphatic hydroxyl groups is 3. The van der Waals surface area contributed by atoms with E-state index >= 15 is 0 Å². The molecule has 0 aromatic carbocycles. The van der Waals surface area contributed by atoms with Crippen molar-refractivity contribution in [3.63, 3.8) is 0 Å². The van der Waals surface area contributed by atoms with Gasteiger partial charge < -0.3 is 15.3 Å². The minimum atomic E-state index is -0.798. The normalized spacial score (nSPS) is 18.7. The smallest absolute Gasteiger partial charge is 0.0800 e. The lowest BCUT2D eigenvalue weighted by molar-refractivity contribution is 0.0130. The zero-order valence-electron chi connectivity index (χ0n) is 19.4. The molecule has 0 fully saturated rings. The molecule has 3 N–H and O–H groups in total. The largest absolute Gasteiger partial charge is 0.390 e. The fourth-order valence-electron chi connectivity index (χ4n) is 3.33. The average Bonchev–Trinajstić information content (AvgIpc) is 2.53. The predicted octanol–water partition coefficient (Wildman–Crippen LogP) is 6.24. The van der Waals surface area contributed by atoms with Crippen LogP contribution in [0.15, 0.2) is 36.0 Å². The molecule has 164 valence electrons. The van der Waals surface area contributed by atoms with Crippen molar-refractivity contribution in [2.75, 3.05) is 0 Å². The van der Waals surface area contributed by atoms with Crippen LogP contribution < -0.4 is 0 Å². The first-order chi connectivity index (χ1) is 12.8. The summed E-state index contributed by atoms with van der Waals surface area (Å²) >= 11 is 0. The maximum absolute atomic E-state index is 10.6. The van der Waals surface area contributed by atoms with Gasteiger partial charge in [-0.2, -0.15) is 0 Å². The Hall–Kier alpha value is -0.900. The molecule has 0 amide bonds. The van der Waals surface area contributed by atoms with Crippen molar-refractivity contribution in [1.82, 2.24) is 0 Å². The number of rotatable bonds is 15. The molecule has 0 saturated heterocycles. The van der Waals surface area contributed by atoms with Crippen molar-refractivity contribution in [2.45, 2.75) is 123 Å². The van der Waals surface area contributed by atoms with E-state index in [0.29, 0.717) is 6.42 Å². The Balaban J connectivity index is 4.13. The van der Waals surface area contributed by atoms with Crippen LogP contribution >= 0.6 is 0 Å². The lowest BCUT2D eigenvalue weighted by Crippen LogP contribution is -2.27. The van der Waals surface area contributed by atoms with E-state index in [0.717, 1.165) is 57.8 Å². The predicted molar refractivity (Wildman–Crippen MR) is 121 cm³/mol. The maximum Gasteiger partial charge on any atom is 0.0800 e. The van der Waals surface area contributed by atoms with Crippen molar-refractivity contribution in [3.05, 3.63) is 36.0 Å². The maximum atomic E-state index is 10.6. The van der Waals surface area contributed by atoms with E-state index in [9.17, 15) is 15.3 Å². The molecular weight excluding hydrogens is 348 g/mol. The van der Waals surface area contributed by atoms with Gasteiger partial charge in [0.25, 0.3) is 0 Å². The summed E-state index contributed by atoms with van der Waals surface area (Å²) in [5.41, 5.74) is 0.455. The van der Waals surface area contributed by atoms with E-state index in [4.69, 9.17) is 0 Å². The van der Waals surface area contributed by atoms with Gasteiger partial charge in [-0.05, 0) is 106 Å². The summed E-state index contributed by atoms with van der Waals surface area (Å²) in [5, 5.41) is 31.1. The molecule has 0 heterocycles. The summed E-state index contributed by atoms with van der Waals surface area (Å²) in [4.78, 5) is 0. The third kappa shape index (κ3) is 15.1. The molecule has 0 radical (unpaired) electrons. The van der Waals surface area contributed by atoms with Gasteiger partial charge in [0.2, 0.25) is 0 Å². The van der Waals surface area contributed by atoms with E-state index in [1.54, 1.807) is 13.0 Å². The second-order valence-electron chi connectivity index (χ2n) is 9.67. The molecule has 0 aromatic heterocycles. The van der Waals surface area contributed by atoms with Gasteiger partial charge in [-0.25, -0.2) is 0 Å². The first-order valence-corrected chi connectivity index (χ1v) is 10.9. The third-order valence-electron chi connectivity index (χ3n) is 5.54. The molecule has 3 atom stereocenters. The molecule has 0 aromatic rings. The Morgan fingerprint density at radius 3 is 1.79 bits per heavy atom. The molecule has 0 bridgehead atoms. The molecule has 0 spiro atoms. The fraction of sp³-hybridized carbons (Fsp3) is 0.760. The average molecular weight is 395 g/mol. The highest BCUT2D eigenvalue weighted by atomic mass is 16.3. The van der Waals surface area contributed by atoms with Crippen LogP contribution in [0.1, 0.15) is 106 Å². The van der Waals surface area contributed by atoms with Crippen molar-refractivity contribution >= 4 is 0 Å². The van der Waals surface area contributed by atoms with E-state index < -0.39 is 16.8 Å². The highest BCUT2D eigenvalue weighted by Gasteiger charge is 2.24. The molecule has 3 heteroatoms. The minimum absolute atomic E-state index is 0.659. The summed E-state index contributed by atoms with van der Waals surface area (Å²) < 4.78 is 0. The number of hydrogen-bond acceptors (Lipinski definition) is 3. The van der Waals surface area contributed by atoms with Gasteiger partial charge >= 0.3 is 0 Å². The van der Waals surface area contributed by atoms with Crippen LogP contribution in [0.2, 0.25) is 0 Å². The Morgan fingerprint density at radius 2 is 1.25 bits per heavy atom. The van der Waals surface area contributed by atoms with Crippen molar-refractivity contribution in [2.24, 2.45) is 0 Å². The Morgan fingerprint density at radius 1 is 0.750 bits per heavy atom. The highest BCUT2D eigenvalue weighted by molar-refractivity contribution is 5.01. The van der Waals surface area contributed by atoms with E-state index in [1.807, 2.05) is 13.8 Å². The van der Waals surface area contributed by atoms with Gasteiger partial charge in [0.05, 0.1) is 16.8 Å². The van der Waals surface area contributed by atoms with Gasteiger partial charge in [-0.3, -0.25) is 0 Å². The Labute approximate surface area is 174 Å². The SMILES string of the molecule is C=CC(C)(O)CCC=C(C)CCCC(C)(O)CCCC(C)(O)CCC=C(C)C. The van der Waals surface area contributed by atoms with Crippen molar-refractivity contribution in [3.8, 4) is 0 Å². The molecule has 28 heavy (non-hydrogen) atoms. The van der Waals surface area contributed by atoms with E-state index in [2.05, 4.69) is 39.5 Å². The standard InChI is InChI=1S/C25H46O3/c1-8-23(5,26)16-10-14-22(4)15-11-18-25(7,28)20-12-19-24(6,27)17-9-13-21(2)3/h8,13-14,26-28H,1,9-12,15-20H2,2-7H3. The van der Waals surface area contributed by atoms with Gasteiger partial charge in [0.1, 0.15) is 0 Å². The second kappa shape index (κ2) is 12.6. The summed E-state index contributed by atoms with van der Waals surface area (Å²) in [7, 11) is 0. The summed E-state index contributed by atoms with van der Waals surface area (Å²) in [6, 6.07) is 0. The van der Waals surface area contributed by atoms with Crippen LogP contribution in [0.5, 0.6) is 0 Å². The number of allylic oxidation sites excluding steroid dienone is 4. The highest BCUT2D eigenvalue weighted by Crippen LogP contribution is 2.26. The van der Waals surface area contributed by atoms with Crippen LogP contribution in [0.4, 0.5) is 0 Å². The molecule has 0 aliphatic heterocycles. The molecular formula is C25H46O3. The van der Waals surface area contributed by atoms with Gasteiger partial charge in [0.15, 0.2) is 0 Å². The van der Waals surface area contributed by atoms with Crippen molar-refractivity contribution in [1.29, 1.82) is 0 Å². The first kappa shape index (κ1) is 27.1. The van der Waals surface area contributed by atoms with Crippen LogP contribution in [-0.2, 0) is 0 Å². The van der Waals surface area contributed by atoms with Crippen LogP contribution in [0, 0.1) is 0 Å². The summed E-state index contributed by atoms with van der Waals surface area (Å²) in [5.74, 6) is 0. The lowest BCUT2D eigenvalue weighted by Gasteiger charge is -2.27. The van der Waals surface area contributed by atoms with E-state index in [1.165, 1.54) is 11.1 Å². The molecule has 0 aliphatic carbocycles. The zero-order chi connectivity index (χ0) is 21.8. The minimum Gasteiger partial charge on any atom is -0.390 e. The first-order valence-electron chi connectivity index (χ1n) is 10.9. The van der Waals surface area contributed by atoms with Crippen LogP contribution in [0.3, 0.4) is 0 Å². The monoisotopic (exact) mass is 394 g/mol. The second-order valence-corrected chi connectivity index (χ2v) is 9.67. The van der Waals surface area contributed by atoms with Crippen LogP contribution in [0.25, 0.3) is 0 Å². The van der Waals surface area contributed by atoms with Gasteiger partial charge in [-0.15, -0.1) is 6.58 Å². The molecule has 0 aliphatic rings. The quantitative estimate of drug-likeness (QED) is 0.288. The summed E-state index contributed by atoms with van der Waals surface area (Å²) in [6.45, 7) is 15.5. The van der Waals surface area contributed by atoms with E-state index in [-0.39, 0.29) is 0 Å². The molecule has 3 nitrogen and oxygen atoms in total. The molecule has 0 saturated carbocycles. The topological polar surface area (TPSA) is 60.7 Å². The molecule has 0 rings (SSSR count). The Bertz CT molecular complexity index is 506. The lowest BCUT2D eigenvalue weighted by atomic mass is 9.87. The Kier molecular flexibility index (Phi) is 12.2. The fourth-order valence-corrected chi connectivity index (χ4v) is 3.33. The van der Waals surface area contributed by atoms with Crippen LogP contribution in [-0.4, -0.2) is 32.1 Å². The zero-order valence-corrected chi connectivity index (χ0v) is 19.4. The summed E-state index contributed by atoms with van der Waals surface area (Å²) in [6.07, 6.45) is 14.1. The number of hydrogen-bond donors (Lipinski definition) is 3. The third-order valence-corrected chi connectivity index (χ3v) is 5.54. The molecule has 3 unspecified atom stereocenters.